The van der Waals surface area contributed by atoms with Crippen LogP contribution in [-0.4, -0.2) is 74.1 Å². The second-order valence-corrected chi connectivity index (χ2v) is 9.19. The molecule has 2 N–H and O–H groups in total. The summed E-state index contributed by atoms with van der Waals surface area (Å²) in [5.74, 6) is -0.115. The van der Waals surface area contributed by atoms with E-state index in [0.717, 1.165) is 31.6 Å². The molecule has 2 aliphatic rings. The van der Waals surface area contributed by atoms with Gasteiger partial charge in [-0.3, -0.25) is 14.6 Å². The number of likely N-dealkylation sites (tertiary alicyclic amines) is 2. The maximum absolute atomic E-state index is 13.5. The molecular weight excluding hydrogens is 449 g/mol. The number of carbonyl (C=O) groups excluding carboxylic acids is 2. The van der Waals surface area contributed by atoms with Crippen molar-refractivity contribution in [2.45, 2.75) is 13.3 Å². The number of hydrogen-bond donors (Lipinski definition) is 1. The lowest BCUT2D eigenvalue weighted by atomic mass is 10.0. The van der Waals surface area contributed by atoms with Gasteiger partial charge in [-0.1, -0.05) is 12.1 Å². The van der Waals surface area contributed by atoms with E-state index in [1.54, 1.807) is 13.0 Å². The van der Waals surface area contributed by atoms with Crippen LogP contribution in [0.2, 0.25) is 0 Å². The lowest BCUT2D eigenvalue weighted by Crippen LogP contribution is -2.35. The number of nitrogens with two attached hydrogens (primary N) is 1. The molecule has 2 aliphatic heterocycles. The number of halogens is 1. The highest BCUT2D eigenvalue weighted by Crippen LogP contribution is 2.33. The number of carbonyl (C=O) groups is 2. The number of amides is 2. The summed E-state index contributed by atoms with van der Waals surface area (Å²) in [6, 6.07) is 6.60. The van der Waals surface area contributed by atoms with Crippen molar-refractivity contribution in [2.24, 2.45) is 17.6 Å². The number of fused-ring (bicyclic) bond motifs is 1. The maximum Gasteiger partial charge on any atom is 0.268 e. The average molecular weight is 477 g/mol. The highest BCUT2D eigenvalue weighted by atomic mass is 19.1. The Morgan fingerprint density at radius 2 is 1.94 bits per heavy atom. The fraction of sp³-hybridized carbons (Fsp3) is 0.360. The van der Waals surface area contributed by atoms with Crippen molar-refractivity contribution >= 4 is 11.8 Å². The van der Waals surface area contributed by atoms with Gasteiger partial charge < -0.3 is 15.5 Å². The van der Waals surface area contributed by atoms with Crippen LogP contribution in [-0.2, 0) is 0 Å². The molecule has 2 fully saturated rings. The monoisotopic (exact) mass is 476 g/mol. The molecule has 0 saturated carbocycles. The number of primary amides is 1. The van der Waals surface area contributed by atoms with E-state index in [9.17, 15) is 14.0 Å². The molecule has 1 aromatic carbocycles. The van der Waals surface area contributed by atoms with Crippen LogP contribution in [0.1, 0.15) is 38.5 Å². The largest absolute Gasteiger partial charge is 0.364 e. The molecular formula is C25H27FN7O2. The number of aryl methyl sites for hydroxylation is 1. The maximum atomic E-state index is 13.5. The van der Waals surface area contributed by atoms with Gasteiger partial charge in [0.05, 0.1) is 17.5 Å². The minimum absolute atomic E-state index is 0.0274. The fourth-order valence-corrected chi connectivity index (χ4v) is 5.22. The average Bonchev–Trinajstić information content (AvgIpc) is 3.50. The van der Waals surface area contributed by atoms with Gasteiger partial charge >= 0.3 is 0 Å². The van der Waals surface area contributed by atoms with Crippen LogP contribution in [0.5, 0.6) is 0 Å². The summed E-state index contributed by atoms with van der Waals surface area (Å²) in [5, 5.41) is 4.37. The van der Waals surface area contributed by atoms with Gasteiger partial charge in [0.1, 0.15) is 11.5 Å². The quantitative estimate of drug-likeness (QED) is 0.557. The molecule has 4 heterocycles. The first-order valence-electron chi connectivity index (χ1n) is 11.7. The second-order valence-electron chi connectivity index (χ2n) is 9.19. The summed E-state index contributed by atoms with van der Waals surface area (Å²) < 4.78 is 14.7. The Morgan fingerprint density at radius 1 is 1.17 bits per heavy atom. The van der Waals surface area contributed by atoms with Gasteiger partial charge in [0.2, 0.25) is 0 Å². The number of nitrogens with zero attached hydrogens (tertiary/aromatic N) is 6. The van der Waals surface area contributed by atoms with Gasteiger partial charge in [-0.2, -0.15) is 5.10 Å². The van der Waals surface area contributed by atoms with Crippen molar-refractivity contribution in [3.05, 3.63) is 77.6 Å². The Balaban J connectivity index is 1.23. The number of aromatic nitrogens is 4. The molecule has 1 unspecified atom stereocenters. The van der Waals surface area contributed by atoms with Gasteiger partial charge in [-0.15, -0.1) is 0 Å². The Morgan fingerprint density at radius 3 is 2.60 bits per heavy atom. The van der Waals surface area contributed by atoms with Crippen LogP contribution in [0.3, 0.4) is 0 Å². The molecule has 1 radical (unpaired) electrons. The SMILES string of the molecule is Cc1nn(-c2cnccn2)c(C(N)=O)c1C(=O)N1CC2CN(CC[CH]c3cccc(F)c3)C[C@H]2C1. The highest BCUT2D eigenvalue weighted by Gasteiger charge is 2.42. The third-order valence-corrected chi connectivity index (χ3v) is 6.80. The predicted molar refractivity (Wildman–Crippen MR) is 126 cm³/mol. The Labute approximate surface area is 202 Å². The normalized spacial score (nSPS) is 19.8. The molecule has 10 heteroatoms. The van der Waals surface area contributed by atoms with Gasteiger partial charge in [-0.05, 0) is 55.8 Å². The van der Waals surface area contributed by atoms with Gasteiger partial charge in [-0.25, -0.2) is 14.1 Å². The fourth-order valence-electron chi connectivity index (χ4n) is 5.22. The summed E-state index contributed by atoms with van der Waals surface area (Å²) in [6.45, 7) is 5.66. The van der Waals surface area contributed by atoms with Crippen LogP contribution < -0.4 is 5.73 Å². The van der Waals surface area contributed by atoms with E-state index >= 15 is 0 Å². The summed E-state index contributed by atoms with van der Waals surface area (Å²) in [5.41, 5.74) is 7.24. The smallest absolute Gasteiger partial charge is 0.268 e. The Bertz CT molecular complexity index is 1230. The Kier molecular flexibility index (Phi) is 6.29. The van der Waals surface area contributed by atoms with Gasteiger partial charge in [0, 0.05) is 38.6 Å². The van der Waals surface area contributed by atoms with E-state index in [-0.39, 0.29) is 23.0 Å². The zero-order chi connectivity index (χ0) is 24.5. The summed E-state index contributed by atoms with van der Waals surface area (Å²) >= 11 is 0. The summed E-state index contributed by atoms with van der Waals surface area (Å²) in [4.78, 5) is 38.2. The van der Waals surface area contributed by atoms with Crippen molar-refractivity contribution in [3.8, 4) is 5.82 Å². The third kappa shape index (κ3) is 4.66. The minimum atomic E-state index is -0.736. The van der Waals surface area contributed by atoms with Crippen molar-refractivity contribution in [1.29, 1.82) is 0 Å². The second kappa shape index (κ2) is 9.53. The van der Waals surface area contributed by atoms with E-state index < -0.39 is 5.91 Å². The van der Waals surface area contributed by atoms with Gasteiger partial charge in [0.15, 0.2) is 5.82 Å². The number of hydrogen-bond acceptors (Lipinski definition) is 6. The van der Waals surface area contributed by atoms with Crippen molar-refractivity contribution < 1.29 is 14.0 Å². The van der Waals surface area contributed by atoms with Crippen LogP contribution >= 0.6 is 0 Å². The lowest BCUT2D eigenvalue weighted by Gasteiger charge is -2.22. The molecule has 9 nitrogen and oxygen atoms in total. The van der Waals surface area contributed by atoms with E-state index in [0.29, 0.717) is 36.4 Å². The van der Waals surface area contributed by atoms with Crippen LogP contribution in [0.15, 0.2) is 42.9 Å². The summed E-state index contributed by atoms with van der Waals surface area (Å²) in [7, 11) is 0. The first-order chi connectivity index (χ1) is 16.9. The van der Waals surface area contributed by atoms with E-state index in [1.807, 2.05) is 11.0 Å². The molecule has 3 aromatic rings. The Hall–Kier alpha value is -3.66. The molecule has 2 saturated heterocycles. The molecule has 0 spiro atoms. The molecule has 5 rings (SSSR count). The lowest BCUT2D eigenvalue weighted by molar-refractivity contribution is 0.0767. The van der Waals surface area contributed by atoms with Crippen molar-refractivity contribution in [2.75, 3.05) is 32.7 Å². The van der Waals surface area contributed by atoms with E-state index in [1.165, 1.54) is 35.4 Å². The van der Waals surface area contributed by atoms with Crippen LogP contribution in [0.4, 0.5) is 4.39 Å². The predicted octanol–water partition coefficient (Wildman–Crippen LogP) is 1.86. The minimum Gasteiger partial charge on any atom is -0.364 e. The van der Waals surface area contributed by atoms with Crippen LogP contribution in [0, 0.1) is 31.0 Å². The summed E-state index contributed by atoms with van der Waals surface area (Å²) in [6.07, 6.45) is 7.36. The first-order valence-corrected chi connectivity index (χ1v) is 11.7. The molecule has 35 heavy (non-hydrogen) atoms. The van der Waals surface area contributed by atoms with Crippen LogP contribution in [0.25, 0.3) is 5.82 Å². The molecule has 2 atom stereocenters. The molecule has 2 aromatic heterocycles. The molecule has 2 amide bonds. The van der Waals surface area contributed by atoms with E-state index in [2.05, 4.69) is 26.4 Å². The first kappa shape index (κ1) is 23.1. The third-order valence-electron chi connectivity index (χ3n) is 6.80. The number of benzene rings is 1. The zero-order valence-corrected chi connectivity index (χ0v) is 19.5. The standard InChI is InChI=1S/C25H27FN7O2/c1-16-22(23(24(27)34)33(30-16)21-11-28-7-8-29-21)25(35)32-14-18-12-31(13-19(18)15-32)9-3-5-17-4-2-6-20(26)10-17/h2,4-8,10-11,18-19H,3,9,12-15H2,1H3,(H2,27,34)/t18-,19?/m0/s1. The highest BCUT2D eigenvalue weighted by molar-refractivity contribution is 6.06. The van der Waals surface area contributed by atoms with E-state index in [4.69, 9.17) is 5.73 Å². The molecule has 0 bridgehead atoms. The molecule has 0 aliphatic carbocycles. The zero-order valence-electron chi connectivity index (χ0n) is 19.5. The topological polar surface area (TPSA) is 110 Å². The number of rotatable bonds is 7. The van der Waals surface area contributed by atoms with Crippen molar-refractivity contribution in [1.82, 2.24) is 29.5 Å². The van der Waals surface area contributed by atoms with Gasteiger partial charge in [0.25, 0.3) is 11.8 Å². The van der Waals surface area contributed by atoms with Crippen molar-refractivity contribution in [3.63, 3.8) is 0 Å². The molecule has 181 valence electrons.